The monoisotopic (exact) mass is 359 g/mol. The van der Waals surface area contributed by atoms with Crippen molar-refractivity contribution in [2.75, 3.05) is 13.2 Å². The molecule has 1 aliphatic heterocycles. The SMILES string of the molecule is Cn1cncc1COc1ccc2c(c1)OCCN(C(=O)OC(C)(C)C)C2. The molecule has 0 saturated heterocycles. The Hall–Kier alpha value is -2.70. The number of ether oxygens (including phenoxy) is 3. The standard InChI is InChI=1S/C19H25N3O4/c1-19(2,3)26-18(23)22-7-8-24-17-9-16(6-5-14(17)11-22)25-12-15-10-20-13-21(15)4/h5-6,9-10,13H,7-8,11-12H2,1-4H3. The van der Waals surface area contributed by atoms with E-state index in [0.717, 1.165) is 22.8 Å². The van der Waals surface area contributed by atoms with Crippen molar-refractivity contribution < 1.29 is 19.0 Å². The topological polar surface area (TPSA) is 65.8 Å². The predicted octanol–water partition coefficient (Wildman–Crippen LogP) is 3.13. The van der Waals surface area contributed by atoms with Gasteiger partial charge in [0, 0.05) is 18.7 Å². The van der Waals surface area contributed by atoms with E-state index in [1.165, 1.54) is 0 Å². The summed E-state index contributed by atoms with van der Waals surface area (Å²) in [6.07, 6.45) is 3.19. The molecular weight excluding hydrogens is 334 g/mol. The summed E-state index contributed by atoms with van der Waals surface area (Å²) < 4.78 is 19.0. The third-order valence-electron chi connectivity index (χ3n) is 3.97. The Labute approximate surface area is 153 Å². The number of nitrogens with zero attached hydrogens (tertiary/aromatic N) is 3. The van der Waals surface area contributed by atoms with Crippen LogP contribution in [0.5, 0.6) is 11.5 Å². The Bertz CT molecular complexity index is 779. The van der Waals surface area contributed by atoms with Gasteiger partial charge in [-0.2, -0.15) is 0 Å². The molecule has 140 valence electrons. The molecular formula is C19H25N3O4. The van der Waals surface area contributed by atoms with Gasteiger partial charge in [-0.05, 0) is 32.9 Å². The van der Waals surface area contributed by atoms with Crippen LogP contribution in [0.15, 0.2) is 30.7 Å². The van der Waals surface area contributed by atoms with Crippen LogP contribution in [-0.4, -0.2) is 39.3 Å². The summed E-state index contributed by atoms with van der Waals surface area (Å²) in [5, 5.41) is 0. The third kappa shape index (κ3) is 4.47. The minimum Gasteiger partial charge on any atom is -0.491 e. The van der Waals surface area contributed by atoms with Crippen molar-refractivity contribution in [3.63, 3.8) is 0 Å². The van der Waals surface area contributed by atoms with Crippen molar-refractivity contribution in [3.05, 3.63) is 42.0 Å². The minimum atomic E-state index is -0.517. The zero-order valence-electron chi connectivity index (χ0n) is 15.7. The first-order chi connectivity index (χ1) is 12.3. The van der Waals surface area contributed by atoms with Crippen LogP contribution in [0.1, 0.15) is 32.0 Å². The first-order valence-corrected chi connectivity index (χ1v) is 8.63. The fraction of sp³-hybridized carbons (Fsp3) is 0.474. The van der Waals surface area contributed by atoms with Gasteiger partial charge in [0.1, 0.15) is 30.3 Å². The molecule has 3 rings (SSSR count). The van der Waals surface area contributed by atoms with Crippen molar-refractivity contribution in [1.82, 2.24) is 14.5 Å². The highest BCUT2D eigenvalue weighted by Crippen LogP contribution is 2.29. The molecule has 7 nitrogen and oxygen atoms in total. The summed E-state index contributed by atoms with van der Waals surface area (Å²) in [6, 6.07) is 5.68. The Morgan fingerprint density at radius 3 is 2.85 bits per heavy atom. The normalized spacial score (nSPS) is 14.2. The molecule has 0 spiro atoms. The number of hydrogen-bond donors (Lipinski definition) is 0. The van der Waals surface area contributed by atoms with Crippen molar-refractivity contribution in [1.29, 1.82) is 0 Å². The maximum atomic E-state index is 12.3. The maximum Gasteiger partial charge on any atom is 0.410 e. The number of imidazole rings is 1. The quantitative estimate of drug-likeness (QED) is 0.842. The molecule has 0 radical (unpaired) electrons. The summed E-state index contributed by atoms with van der Waals surface area (Å²) in [5.41, 5.74) is 1.40. The van der Waals surface area contributed by atoms with Crippen molar-refractivity contribution in [2.45, 2.75) is 39.5 Å². The molecule has 1 aromatic carbocycles. The van der Waals surface area contributed by atoms with E-state index < -0.39 is 5.60 Å². The molecule has 1 aliphatic rings. The summed E-state index contributed by atoms with van der Waals surface area (Å²) in [6.45, 7) is 7.36. The van der Waals surface area contributed by atoms with Crippen LogP contribution in [0.4, 0.5) is 4.79 Å². The van der Waals surface area contributed by atoms with Crippen molar-refractivity contribution in [2.24, 2.45) is 7.05 Å². The number of carbonyl (C=O) groups excluding carboxylic acids is 1. The zero-order chi connectivity index (χ0) is 18.7. The van der Waals surface area contributed by atoms with Gasteiger partial charge in [0.15, 0.2) is 0 Å². The molecule has 0 bridgehead atoms. The Morgan fingerprint density at radius 2 is 2.15 bits per heavy atom. The number of amides is 1. The molecule has 26 heavy (non-hydrogen) atoms. The molecule has 7 heteroatoms. The van der Waals surface area contributed by atoms with Gasteiger partial charge in [-0.1, -0.05) is 0 Å². The van der Waals surface area contributed by atoms with Crippen LogP contribution < -0.4 is 9.47 Å². The summed E-state index contributed by atoms with van der Waals surface area (Å²) in [7, 11) is 1.93. The summed E-state index contributed by atoms with van der Waals surface area (Å²) in [5.74, 6) is 1.45. The van der Waals surface area contributed by atoms with Gasteiger partial charge >= 0.3 is 6.09 Å². The van der Waals surface area contributed by atoms with E-state index in [1.54, 1.807) is 17.4 Å². The van der Waals surface area contributed by atoms with Gasteiger partial charge in [0.25, 0.3) is 0 Å². The number of hydrogen-bond acceptors (Lipinski definition) is 5. The first kappa shape index (κ1) is 18.1. The summed E-state index contributed by atoms with van der Waals surface area (Å²) in [4.78, 5) is 18.1. The number of aryl methyl sites for hydroxylation is 1. The van der Waals surface area contributed by atoms with Gasteiger partial charge in [0.2, 0.25) is 0 Å². The van der Waals surface area contributed by atoms with E-state index in [2.05, 4.69) is 4.98 Å². The highest BCUT2D eigenvalue weighted by molar-refractivity contribution is 5.68. The highest BCUT2D eigenvalue weighted by atomic mass is 16.6. The van der Waals surface area contributed by atoms with Crippen molar-refractivity contribution in [3.8, 4) is 11.5 Å². The molecule has 1 amide bonds. The lowest BCUT2D eigenvalue weighted by molar-refractivity contribution is 0.0225. The molecule has 0 atom stereocenters. The lowest BCUT2D eigenvalue weighted by Crippen LogP contribution is -2.37. The molecule has 0 fully saturated rings. The molecule has 2 heterocycles. The Kier molecular flexibility index (Phi) is 5.06. The number of rotatable bonds is 3. The zero-order valence-corrected chi connectivity index (χ0v) is 15.7. The average Bonchev–Trinajstić information content (AvgIpc) is 2.85. The lowest BCUT2D eigenvalue weighted by atomic mass is 10.2. The van der Waals surface area contributed by atoms with E-state index in [0.29, 0.717) is 26.3 Å². The van der Waals surface area contributed by atoms with Gasteiger partial charge < -0.3 is 23.7 Å². The van der Waals surface area contributed by atoms with Gasteiger partial charge in [0.05, 0.1) is 31.3 Å². The third-order valence-corrected chi connectivity index (χ3v) is 3.97. The molecule has 0 aliphatic carbocycles. The van der Waals surface area contributed by atoms with Crippen LogP contribution in [0.25, 0.3) is 0 Å². The number of fused-ring (bicyclic) bond motifs is 1. The first-order valence-electron chi connectivity index (χ1n) is 8.63. The van der Waals surface area contributed by atoms with Crippen LogP contribution in [-0.2, 0) is 24.9 Å². The molecule has 1 aromatic heterocycles. The van der Waals surface area contributed by atoms with Crippen molar-refractivity contribution >= 4 is 6.09 Å². The van der Waals surface area contributed by atoms with Gasteiger partial charge in [-0.3, -0.25) is 0 Å². The largest absolute Gasteiger partial charge is 0.491 e. The molecule has 2 aromatic rings. The van der Waals surface area contributed by atoms with Crippen LogP contribution in [0, 0.1) is 0 Å². The minimum absolute atomic E-state index is 0.328. The van der Waals surface area contributed by atoms with Crippen LogP contribution >= 0.6 is 0 Å². The highest BCUT2D eigenvalue weighted by Gasteiger charge is 2.25. The predicted molar refractivity (Wildman–Crippen MR) is 96.1 cm³/mol. The molecule has 0 saturated carbocycles. The fourth-order valence-electron chi connectivity index (χ4n) is 2.60. The van der Waals surface area contributed by atoms with E-state index >= 15 is 0 Å². The number of carbonyl (C=O) groups is 1. The Morgan fingerprint density at radius 1 is 1.35 bits per heavy atom. The van der Waals surface area contributed by atoms with Gasteiger partial charge in [-0.15, -0.1) is 0 Å². The number of benzene rings is 1. The van der Waals surface area contributed by atoms with E-state index in [1.807, 2.05) is 50.6 Å². The van der Waals surface area contributed by atoms with Crippen LogP contribution in [0.2, 0.25) is 0 Å². The fourth-order valence-corrected chi connectivity index (χ4v) is 2.60. The van der Waals surface area contributed by atoms with Gasteiger partial charge in [-0.25, -0.2) is 9.78 Å². The van der Waals surface area contributed by atoms with E-state index in [9.17, 15) is 4.79 Å². The van der Waals surface area contributed by atoms with E-state index in [4.69, 9.17) is 14.2 Å². The molecule has 0 N–H and O–H groups in total. The Balaban J connectivity index is 1.67. The number of aromatic nitrogens is 2. The second-order valence-corrected chi connectivity index (χ2v) is 7.30. The average molecular weight is 359 g/mol. The second kappa shape index (κ2) is 7.27. The maximum absolute atomic E-state index is 12.3. The molecule has 0 unspecified atom stereocenters. The second-order valence-electron chi connectivity index (χ2n) is 7.30. The van der Waals surface area contributed by atoms with E-state index in [-0.39, 0.29) is 6.09 Å². The smallest absolute Gasteiger partial charge is 0.410 e. The van der Waals surface area contributed by atoms with Crippen LogP contribution in [0.3, 0.4) is 0 Å². The summed E-state index contributed by atoms with van der Waals surface area (Å²) >= 11 is 0. The lowest BCUT2D eigenvalue weighted by Gasteiger charge is -2.26.